The Morgan fingerprint density at radius 1 is 1.10 bits per heavy atom. The Morgan fingerprint density at radius 3 is 2.45 bits per heavy atom. The number of nitrogens with zero attached hydrogens (tertiary/aromatic N) is 2. The number of hydrogen-bond donors (Lipinski definition) is 2. The summed E-state index contributed by atoms with van der Waals surface area (Å²) >= 11 is 0. The SMILES string of the molecule is CC(CC1CCCCC1)C(=O)N1CCC(O)(CN2CC(CO)CC2=O)C2(CCCC2)C1. The standard InChI is InChI=1S/C25H42N2O4/c1-19(13-20-7-3-2-4-8-20)23(30)26-12-11-25(31,24(17-26)9-5-6-10-24)18-27-15-21(16-28)14-22(27)29/h19-21,28,31H,2-18H2,1H3. The zero-order valence-corrected chi connectivity index (χ0v) is 19.4. The van der Waals surface area contributed by atoms with Crippen molar-refractivity contribution < 1.29 is 19.8 Å². The first-order valence-corrected chi connectivity index (χ1v) is 12.8. The maximum atomic E-state index is 13.4. The van der Waals surface area contributed by atoms with Crippen molar-refractivity contribution in [2.45, 2.75) is 89.6 Å². The van der Waals surface area contributed by atoms with Crippen LogP contribution < -0.4 is 0 Å². The van der Waals surface area contributed by atoms with Gasteiger partial charge in [-0.15, -0.1) is 0 Å². The number of aliphatic hydroxyl groups is 2. The second kappa shape index (κ2) is 9.38. The van der Waals surface area contributed by atoms with E-state index in [2.05, 4.69) is 6.92 Å². The summed E-state index contributed by atoms with van der Waals surface area (Å²) in [6.07, 6.45) is 12.4. The van der Waals surface area contributed by atoms with E-state index in [-0.39, 0.29) is 35.7 Å². The molecule has 2 saturated carbocycles. The van der Waals surface area contributed by atoms with Gasteiger partial charge in [0.05, 0.1) is 12.1 Å². The van der Waals surface area contributed by atoms with Crippen LogP contribution in [0.2, 0.25) is 0 Å². The van der Waals surface area contributed by atoms with E-state index in [9.17, 15) is 19.8 Å². The van der Waals surface area contributed by atoms with E-state index < -0.39 is 5.60 Å². The Balaban J connectivity index is 1.42. The second-order valence-electron chi connectivity index (χ2n) is 11.2. The van der Waals surface area contributed by atoms with Gasteiger partial charge in [0.1, 0.15) is 0 Å². The normalized spacial score (nSPS) is 32.7. The molecule has 176 valence electrons. The largest absolute Gasteiger partial charge is 0.396 e. The first kappa shape index (κ1) is 23.0. The number of carbonyl (C=O) groups is 2. The fourth-order valence-electron chi connectivity index (χ4n) is 7.07. The molecule has 2 saturated heterocycles. The molecular weight excluding hydrogens is 392 g/mol. The topological polar surface area (TPSA) is 81.1 Å². The van der Waals surface area contributed by atoms with Crippen LogP contribution >= 0.6 is 0 Å². The molecule has 2 amide bonds. The van der Waals surface area contributed by atoms with Gasteiger partial charge in [-0.1, -0.05) is 51.9 Å². The molecule has 2 heterocycles. The van der Waals surface area contributed by atoms with Gasteiger partial charge in [-0.3, -0.25) is 9.59 Å². The van der Waals surface area contributed by atoms with E-state index in [1.54, 1.807) is 4.90 Å². The van der Waals surface area contributed by atoms with Gasteiger partial charge < -0.3 is 20.0 Å². The Hall–Kier alpha value is -1.14. The van der Waals surface area contributed by atoms with Crippen molar-refractivity contribution in [2.75, 3.05) is 32.8 Å². The van der Waals surface area contributed by atoms with Crippen LogP contribution in [0.5, 0.6) is 0 Å². The summed E-state index contributed by atoms with van der Waals surface area (Å²) < 4.78 is 0. The molecule has 4 rings (SSSR count). The quantitative estimate of drug-likeness (QED) is 0.673. The van der Waals surface area contributed by atoms with E-state index >= 15 is 0 Å². The lowest BCUT2D eigenvalue weighted by Crippen LogP contribution is -2.64. The van der Waals surface area contributed by atoms with Crippen molar-refractivity contribution in [3.8, 4) is 0 Å². The summed E-state index contributed by atoms with van der Waals surface area (Å²) in [5, 5.41) is 21.3. The average molecular weight is 435 g/mol. The third kappa shape index (κ3) is 4.66. The highest BCUT2D eigenvalue weighted by Crippen LogP contribution is 2.51. The van der Waals surface area contributed by atoms with Gasteiger partial charge in [0.2, 0.25) is 11.8 Å². The van der Waals surface area contributed by atoms with Crippen LogP contribution in [0.15, 0.2) is 0 Å². The van der Waals surface area contributed by atoms with E-state index in [0.717, 1.165) is 32.1 Å². The number of hydrogen-bond acceptors (Lipinski definition) is 4. The van der Waals surface area contributed by atoms with Crippen molar-refractivity contribution in [2.24, 2.45) is 23.2 Å². The number of aliphatic hydroxyl groups excluding tert-OH is 1. The van der Waals surface area contributed by atoms with Crippen molar-refractivity contribution in [3.63, 3.8) is 0 Å². The fraction of sp³-hybridized carbons (Fsp3) is 0.920. The van der Waals surface area contributed by atoms with E-state index in [1.165, 1.54) is 32.1 Å². The van der Waals surface area contributed by atoms with Gasteiger partial charge >= 0.3 is 0 Å². The summed E-state index contributed by atoms with van der Waals surface area (Å²) in [6, 6.07) is 0. The van der Waals surface area contributed by atoms with Crippen molar-refractivity contribution in [1.82, 2.24) is 9.80 Å². The molecule has 1 spiro atoms. The van der Waals surface area contributed by atoms with Crippen molar-refractivity contribution >= 4 is 11.8 Å². The van der Waals surface area contributed by atoms with Crippen LogP contribution in [0.25, 0.3) is 0 Å². The highest BCUT2D eigenvalue weighted by Gasteiger charge is 2.56. The van der Waals surface area contributed by atoms with Gasteiger partial charge in [0.25, 0.3) is 0 Å². The smallest absolute Gasteiger partial charge is 0.225 e. The third-order valence-electron chi connectivity index (χ3n) is 8.99. The van der Waals surface area contributed by atoms with Crippen molar-refractivity contribution in [3.05, 3.63) is 0 Å². The predicted octanol–water partition coefficient (Wildman–Crippen LogP) is 2.96. The number of β-amino-alcohol motifs (C(OH)–C–C–N with tert-alkyl or cyclic N) is 1. The number of rotatable bonds is 6. The Kier molecular flexibility index (Phi) is 6.97. The Morgan fingerprint density at radius 2 is 1.81 bits per heavy atom. The summed E-state index contributed by atoms with van der Waals surface area (Å²) in [5.41, 5.74) is -1.24. The molecule has 6 nitrogen and oxygen atoms in total. The van der Waals surface area contributed by atoms with Crippen LogP contribution in [0.3, 0.4) is 0 Å². The molecule has 0 radical (unpaired) electrons. The summed E-state index contributed by atoms with van der Waals surface area (Å²) in [5.74, 6) is 1.03. The minimum atomic E-state index is -0.938. The predicted molar refractivity (Wildman–Crippen MR) is 119 cm³/mol. The molecule has 2 aliphatic heterocycles. The van der Waals surface area contributed by atoms with E-state index in [0.29, 0.717) is 44.9 Å². The molecule has 2 aliphatic carbocycles. The Bertz CT molecular complexity index is 656. The number of carbonyl (C=O) groups excluding carboxylic acids is 2. The maximum absolute atomic E-state index is 13.4. The molecule has 0 aromatic carbocycles. The molecule has 0 aromatic heterocycles. The molecule has 6 heteroatoms. The second-order valence-corrected chi connectivity index (χ2v) is 11.2. The first-order valence-electron chi connectivity index (χ1n) is 12.8. The minimum Gasteiger partial charge on any atom is -0.396 e. The van der Waals surface area contributed by atoms with Crippen molar-refractivity contribution in [1.29, 1.82) is 0 Å². The van der Waals surface area contributed by atoms with Crippen LogP contribution in [-0.2, 0) is 9.59 Å². The van der Waals surface area contributed by atoms with E-state index in [4.69, 9.17) is 0 Å². The van der Waals surface area contributed by atoms with E-state index in [1.807, 2.05) is 4.90 Å². The molecule has 3 atom stereocenters. The lowest BCUT2D eigenvalue weighted by Gasteiger charge is -2.53. The highest BCUT2D eigenvalue weighted by atomic mass is 16.3. The average Bonchev–Trinajstić information content (AvgIpc) is 3.38. The molecule has 0 bridgehead atoms. The molecule has 31 heavy (non-hydrogen) atoms. The zero-order chi connectivity index (χ0) is 22.1. The molecule has 4 fully saturated rings. The number of piperidine rings is 1. The monoisotopic (exact) mass is 434 g/mol. The minimum absolute atomic E-state index is 0.0158. The third-order valence-corrected chi connectivity index (χ3v) is 8.99. The maximum Gasteiger partial charge on any atom is 0.225 e. The van der Waals surface area contributed by atoms with Gasteiger partial charge in [0.15, 0.2) is 0 Å². The molecule has 0 aromatic rings. The number of amides is 2. The highest BCUT2D eigenvalue weighted by molar-refractivity contribution is 5.79. The first-order chi connectivity index (χ1) is 14.9. The van der Waals surface area contributed by atoms with Gasteiger partial charge in [0, 0.05) is 49.9 Å². The summed E-state index contributed by atoms with van der Waals surface area (Å²) in [4.78, 5) is 29.6. The molecule has 4 aliphatic rings. The van der Waals surface area contributed by atoms with Crippen LogP contribution in [0.1, 0.15) is 84.0 Å². The van der Waals surface area contributed by atoms with Crippen LogP contribution in [0.4, 0.5) is 0 Å². The van der Waals surface area contributed by atoms with Gasteiger partial charge in [-0.25, -0.2) is 0 Å². The number of likely N-dealkylation sites (tertiary alicyclic amines) is 2. The van der Waals surface area contributed by atoms with Gasteiger partial charge in [-0.05, 0) is 31.6 Å². The lowest BCUT2D eigenvalue weighted by atomic mass is 9.65. The fourth-order valence-corrected chi connectivity index (χ4v) is 7.07. The van der Waals surface area contributed by atoms with Gasteiger partial charge in [-0.2, -0.15) is 0 Å². The lowest BCUT2D eigenvalue weighted by molar-refractivity contribution is -0.167. The van der Waals surface area contributed by atoms with Crippen LogP contribution in [-0.4, -0.2) is 70.2 Å². The molecule has 3 unspecified atom stereocenters. The summed E-state index contributed by atoms with van der Waals surface area (Å²) in [7, 11) is 0. The molecule has 2 N–H and O–H groups in total. The molecular formula is C25H42N2O4. The zero-order valence-electron chi connectivity index (χ0n) is 19.4. The van der Waals surface area contributed by atoms with Crippen LogP contribution in [0, 0.1) is 23.2 Å². The summed E-state index contributed by atoms with van der Waals surface area (Å²) in [6.45, 7) is 4.21. The Labute approximate surface area is 187 Å².